The highest BCUT2D eigenvalue weighted by molar-refractivity contribution is 7.94. The quantitative estimate of drug-likeness (QED) is 0.712. The second kappa shape index (κ2) is 7.95. The zero-order valence-corrected chi connectivity index (χ0v) is 17.0. The van der Waals surface area contributed by atoms with Crippen molar-refractivity contribution >= 4 is 44.5 Å². The molecule has 1 amide bonds. The Labute approximate surface area is 159 Å². The number of carbonyl (C=O) groups is 1. The normalized spacial score (nSPS) is 13.0. The van der Waals surface area contributed by atoms with Crippen molar-refractivity contribution in [2.24, 2.45) is 0 Å². The fourth-order valence-corrected chi connectivity index (χ4v) is 5.05. The Morgan fingerprint density at radius 2 is 2.04 bits per heavy atom. The third-order valence-corrected chi connectivity index (χ3v) is 6.78. The molecule has 0 saturated carbocycles. The molecule has 2 aromatic rings. The molecule has 0 aliphatic heterocycles. The number of hydrogen-bond donors (Lipinski definition) is 1. The second-order valence-corrected chi connectivity index (χ2v) is 9.99. The van der Waals surface area contributed by atoms with E-state index in [4.69, 9.17) is 16.0 Å². The fourth-order valence-electron chi connectivity index (χ4n) is 2.04. The van der Waals surface area contributed by atoms with Crippen LogP contribution in [-0.4, -0.2) is 40.6 Å². The number of sulfone groups is 1. The van der Waals surface area contributed by atoms with Crippen LogP contribution in [-0.2, 0) is 27.4 Å². The van der Waals surface area contributed by atoms with E-state index in [1.54, 1.807) is 13.8 Å². The number of aryl methyl sites for hydroxylation is 1. The maximum Gasteiger partial charge on any atom is 0.322 e. The van der Waals surface area contributed by atoms with Crippen LogP contribution in [0.25, 0.3) is 0 Å². The van der Waals surface area contributed by atoms with Gasteiger partial charge in [-0.05, 0) is 37.2 Å². The van der Waals surface area contributed by atoms with Gasteiger partial charge in [-0.3, -0.25) is 10.1 Å². The van der Waals surface area contributed by atoms with Crippen molar-refractivity contribution in [3.63, 3.8) is 0 Å². The molecule has 1 aromatic heterocycles. The molecule has 2 rings (SSSR count). The predicted molar refractivity (Wildman–Crippen MR) is 97.7 cm³/mol. The molecule has 1 atom stereocenters. The van der Waals surface area contributed by atoms with E-state index >= 15 is 0 Å². The van der Waals surface area contributed by atoms with Crippen LogP contribution in [0.2, 0.25) is 5.02 Å². The van der Waals surface area contributed by atoms with E-state index in [0.29, 0.717) is 12.3 Å². The molecule has 11 heteroatoms. The van der Waals surface area contributed by atoms with Crippen LogP contribution in [0.4, 0.5) is 6.01 Å². The van der Waals surface area contributed by atoms with Gasteiger partial charge in [-0.1, -0.05) is 23.6 Å². The Hall–Kier alpha value is -1.62. The van der Waals surface area contributed by atoms with Gasteiger partial charge in [0, 0.05) is 12.7 Å². The molecule has 1 N–H and O–H groups in total. The first-order valence-electron chi connectivity index (χ1n) is 7.63. The summed E-state index contributed by atoms with van der Waals surface area (Å²) in [5.41, 5.74) is -0.0423. The van der Waals surface area contributed by atoms with Crippen LogP contribution in [0, 0.1) is 0 Å². The Morgan fingerprint density at radius 1 is 1.38 bits per heavy atom. The van der Waals surface area contributed by atoms with E-state index < -0.39 is 32.2 Å². The lowest BCUT2D eigenvalue weighted by atomic mass is 10.2. The summed E-state index contributed by atoms with van der Waals surface area (Å²) in [4.78, 5) is 12.2. The van der Waals surface area contributed by atoms with Gasteiger partial charge in [0.1, 0.15) is 15.2 Å². The molecule has 1 aromatic carbocycles. The first-order chi connectivity index (χ1) is 12.1. The maximum absolute atomic E-state index is 12.6. The van der Waals surface area contributed by atoms with Crippen molar-refractivity contribution in [1.82, 2.24) is 10.2 Å². The lowest BCUT2D eigenvalue weighted by Crippen LogP contribution is -2.21. The number of anilines is 1. The van der Waals surface area contributed by atoms with Gasteiger partial charge in [-0.25, -0.2) is 8.42 Å². The fraction of sp³-hybridized carbons (Fsp3) is 0.400. The zero-order chi connectivity index (χ0) is 19.6. The topological polar surface area (TPSA) is 125 Å². The lowest BCUT2D eigenvalue weighted by Gasteiger charge is -2.19. The van der Waals surface area contributed by atoms with Gasteiger partial charge in [0.15, 0.2) is 14.7 Å². The van der Waals surface area contributed by atoms with Crippen molar-refractivity contribution in [2.45, 2.75) is 42.2 Å². The van der Waals surface area contributed by atoms with Gasteiger partial charge >= 0.3 is 6.01 Å². The van der Waals surface area contributed by atoms with Crippen molar-refractivity contribution in [2.75, 3.05) is 11.6 Å². The summed E-state index contributed by atoms with van der Waals surface area (Å²) in [6.07, 6.45) is 1.49. The molecular formula is C15H18ClN3O5S2. The van der Waals surface area contributed by atoms with Crippen molar-refractivity contribution in [1.29, 1.82) is 0 Å². The molecule has 1 unspecified atom stereocenters. The number of benzene rings is 1. The molecule has 0 radical (unpaired) electrons. The zero-order valence-electron chi connectivity index (χ0n) is 14.6. The van der Waals surface area contributed by atoms with Crippen LogP contribution >= 0.6 is 11.6 Å². The Bertz CT molecular complexity index is 927. The molecule has 8 nitrogen and oxygen atoms in total. The van der Waals surface area contributed by atoms with E-state index in [2.05, 4.69) is 15.5 Å². The summed E-state index contributed by atoms with van der Waals surface area (Å²) in [6, 6.07) is 2.37. The highest BCUT2D eigenvalue weighted by Gasteiger charge is 2.31. The molecule has 0 aliphatic carbocycles. The SMILES string of the molecule is CCc1nnc(NC(=O)c2ccc(S(C)(=O)=O)c([S+]([O-])C(C)C)c2Cl)o1. The van der Waals surface area contributed by atoms with Gasteiger partial charge in [0.2, 0.25) is 5.89 Å². The minimum absolute atomic E-state index is 0.0423. The molecule has 0 spiro atoms. The van der Waals surface area contributed by atoms with Crippen LogP contribution in [0.1, 0.15) is 37.0 Å². The summed E-state index contributed by atoms with van der Waals surface area (Å²) in [5, 5.41) is 9.22. The molecule has 0 fully saturated rings. The number of hydrogen-bond acceptors (Lipinski definition) is 7. The summed E-state index contributed by atoms with van der Waals surface area (Å²) < 4.78 is 41.8. The summed E-state index contributed by atoms with van der Waals surface area (Å²) in [6.45, 7) is 5.14. The minimum atomic E-state index is -3.69. The summed E-state index contributed by atoms with van der Waals surface area (Å²) in [7, 11) is -3.69. The average Bonchev–Trinajstić information content (AvgIpc) is 3.00. The number of nitrogens with one attached hydrogen (secondary N) is 1. The van der Waals surface area contributed by atoms with E-state index in [0.717, 1.165) is 6.26 Å². The number of nitrogens with zero attached hydrogens (tertiary/aromatic N) is 2. The van der Waals surface area contributed by atoms with Crippen LogP contribution in [0.15, 0.2) is 26.3 Å². The van der Waals surface area contributed by atoms with Gasteiger partial charge in [-0.2, -0.15) is 0 Å². The number of carbonyl (C=O) groups excluding carboxylic acids is 1. The van der Waals surface area contributed by atoms with Gasteiger partial charge in [-0.15, -0.1) is 5.10 Å². The van der Waals surface area contributed by atoms with Gasteiger partial charge in [0.25, 0.3) is 5.91 Å². The van der Waals surface area contributed by atoms with Crippen molar-refractivity contribution in [3.05, 3.63) is 28.6 Å². The standard InChI is InChI=1S/C15H18ClN3O5S2/c1-5-11-18-19-15(24-11)17-14(20)9-6-7-10(26(4,22)23)13(12(9)16)25(21)8(2)3/h6-8H,5H2,1-4H3,(H,17,19,20). The third-order valence-electron chi connectivity index (χ3n) is 3.32. The minimum Gasteiger partial charge on any atom is -0.611 e. The molecule has 142 valence electrons. The lowest BCUT2D eigenvalue weighted by molar-refractivity contribution is 0.102. The van der Waals surface area contributed by atoms with Crippen LogP contribution in [0.5, 0.6) is 0 Å². The molecular weight excluding hydrogens is 402 g/mol. The van der Waals surface area contributed by atoms with Crippen LogP contribution in [0.3, 0.4) is 0 Å². The first kappa shape index (κ1) is 20.7. The Kier molecular flexibility index (Phi) is 6.33. The highest BCUT2D eigenvalue weighted by Crippen LogP contribution is 2.34. The largest absolute Gasteiger partial charge is 0.611 e. The third kappa shape index (κ3) is 4.37. The second-order valence-electron chi connectivity index (χ2n) is 5.68. The number of amides is 1. The monoisotopic (exact) mass is 419 g/mol. The summed E-state index contributed by atoms with van der Waals surface area (Å²) >= 11 is 4.55. The first-order valence-corrected chi connectivity index (χ1v) is 11.1. The smallest absolute Gasteiger partial charge is 0.322 e. The van der Waals surface area contributed by atoms with E-state index in [1.165, 1.54) is 12.1 Å². The molecule has 0 aliphatic rings. The van der Waals surface area contributed by atoms with Crippen LogP contribution < -0.4 is 5.32 Å². The van der Waals surface area contributed by atoms with Crippen molar-refractivity contribution < 1.29 is 22.2 Å². The Morgan fingerprint density at radius 3 is 2.54 bits per heavy atom. The molecule has 0 saturated heterocycles. The van der Waals surface area contributed by atoms with E-state index in [-0.39, 0.29) is 26.4 Å². The van der Waals surface area contributed by atoms with Gasteiger partial charge < -0.3 is 8.97 Å². The van der Waals surface area contributed by atoms with E-state index in [9.17, 15) is 17.8 Å². The average molecular weight is 420 g/mol. The number of halogens is 1. The molecule has 1 heterocycles. The number of aromatic nitrogens is 2. The molecule has 26 heavy (non-hydrogen) atoms. The number of rotatable bonds is 6. The van der Waals surface area contributed by atoms with Gasteiger partial charge in [0.05, 0.1) is 5.56 Å². The maximum atomic E-state index is 12.6. The van der Waals surface area contributed by atoms with Crippen molar-refractivity contribution in [3.8, 4) is 0 Å². The van der Waals surface area contributed by atoms with E-state index in [1.807, 2.05) is 6.92 Å². The highest BCUT2D eigenvalue weighted by atomic mass is 35.5. The summed E-state index contributed by atoms with van der Waals surface area (Å²) in [5.74, 6) is -0.330. The predicted octanol–water partition coefficient (Wildman–Crippen LogP) is 2.46. The Balaban J connectivity index is 2.49. The molecule has 0 bridgehead atoms.